The van der Waals surface area contributed by atoms with Gasteiger partial charge in [0.2, 0.25) is 0 Å². The Labute approximate surface area is 126 Å². The summed E-state index contributed by atoms with van der Waals surface area (Å²) in [6.45, 7) is 2.65. The lowest BCUT2D eigenvalue weighted by molar-refractivity contribution is 0.151. The molecule has 2 aromatic carbocycles. The van der Waals surface area contributed by atoms with E-state index in [1.165, 1.54) is 11.1 Å². The van der Waals surface area contributed by atoms with E-state index >= 15 is 0 Å². The standard InChI is InChI=1S/C18H23NO2/c1-18(14-20,19-2)12-13-21-17-10-8-16(9-11-17)15-6-4-3-5-7-15/h3-11,19-20H,12-14H2,1-2H3. The Bertz CT molecular complexity index is 533. The third-order valence-corrected chi connectivity index (χ3v) is 3.84. The maximum atomic E-state index is 9.33. The van der Waals surface area contributed by atoms with E-state index in [1.54, 1.807) is 0 Å². The number of likely N-dealkylation sites (N-methyl/N-ethyl adjacent to an activating group) is 1. The van der Waals surface area contributed by atoms with Crippen LogP contribution >= 0.6 is 0 Å². The Hall–Kier alpha value is -1.84. The lowest BCUT2D eigenvalue weighted by atomic mass is 10.0. The minimum atomic E-state index is -0.288. The van der Waals surface area contributed by atoms with Gasteiger partial charge in [-0.3, -0.25) is 0 Å². The predicted molar refractivity (Wildman–Crippen MR) is 86.5 cm³/mol. The van der Waals surface area contributed by atoms with E-state index in [0.717, 1.165) is 12.2 Å². The highest BCUT2D eigenvalue weighted by molar-refractivity contribution is 5.63. The second-order valence-corrected chi connectivity index (χ2v) is 5.46. The van der Waals surface area contributed by atoms with Crippen molar-refractivity contribution >= 4 is 0 Å². The minimum absolute atomic E-state index is 0.0970. The van der Waals surface area contributed by atoms with Crippen molar-refractivity contribution in [3.63, 3.8) is 0 Å². The molecule has 0 heterocycles. The summed E-state index contributed by atoms with van der Waals surface area (Å²) in [5, 5.41) is 12.4. The van der Waals surface area contributed by atoms with Crippen LogP contribution < -0.4 is 10.1 Å². The first-order valence-electron chi connectivity index (χ1n) is 7.25. The SMILES string of the molecule is CNC(C)(CO)CCOc1ccc(-c2ccccc2)cc1. The van der Waals surface area contributed by atoms with Gasteiger partial charge in [0, 0.05) is 12.0 Å². The minimum Gasteiger partial charge on any atom is -0.494 e. The number of hydrogen-bond donors (Lipinski definition) is 2. The van der Waals surface area contributed by atoms with E-state index in [9.17, 15) is 5.11 Å². The summed E-state index contributed by atoms with van der Waals surface area (Å²) in [4.78, 5) is 0. The highest BCUT2D eigenvalue weighted by Gasteiger charge is 2.20. The predicted octanol–water partition coefficient (Wildman–Crippen LogP) is 3.09. The van der Waals surface area contributed by atoms with Crippen molar-refractivity contribution < 1.29 is 9.84 Å². The van der Waals surface area contributed by atoms with Gasteiger partial charge in [0.1, 0.15) is 5.75 Å². The van der Waals surface area contributed by atoms with E-state index in [4.69, 9.17) is 4.74 Å². The molecule has 0 aliphatic carbocycles. The van der Waals surface area contributed by atoms with E-state index < -0.39 is 0 Å². The zero-order valence-electron chi connectivity index (χ0n) is 12.7. The number of ether oxygens (including phenoxy) is 1. The molecule has 0 saturated carbocycles. The van der Waals surface area contributed by atoms with Crippen LogP contribution in [0.2, 0.25) is 0 Å². The van der Waals surface area contributed by atoms with E-state index in [-0.39, 0.29) is 12.1 Å². The molecule has 0 spiro atoms. The molecule has 0 aliphatic rings. The van der Waals surface area contributed by atoms with Crippen molar-refractivity contribution in [1.29, 1.82) is 0 Å². The zero-order valence-corrected chi connectivity index (χ0v) is 12.7. The average Bonchev–Trinajstić information content (AvgIpc) is 2.56. The quantitative estimate of drug-likeness (QED) is 0.821. The molecule has 0 amide bonds. The van der Waals surface area contributed by atoms with E-state index in [0.29, 0.717) is 6.61 Å². The van der Waals surface area contributed by atoms with Gasteiger partial charge in [-0.25, -0.2) is 0 Å². The van der Waals surface area contributed by atoms with Crippen molar-refractivity contribution in [3.8, 4) is 16.9 Å². The highest BCUT2D eigenvalue weighted by Crippen LogP contribution is 2.22. The van der Waals surface area contributed by atoms with Crippen molar-refractivity contribution in [2.45, 2.75) is 18.9 Å². The van der Waals surface area contributed by atoms with Crippen molar-refractivity contribution in [2.24, 2.45) is 0 Å². The van der Waals surface area contributed by atoms with Gasteiger partial charge in [0.15, 0.2) is 0 Å². The molecule has 2 N–H and O–H groups in total. The summed E-state index contributed by atoms with van der Waals surface area (Å²) >= 11 is 0. The fourth-order valence-corrected chi connectivity index (χ4v) is 2.05. The largest absolute Gasteiger partial charge is 0.494 e. The molecule has 112 valence electrons. The molecule has 3 nitrogen and oxygen atoms in total. The smallest absolute Gasteiger partial charge is 0.119 e. The number of aliphatic hydroxyl groups is 1. The molecule has 0 aliphatic heterocycles. The first-order chi connectivity index (χ1) is 10.2. The van der Waals surface area contributed by atoms with Crippen molar-refractivity contribution in [1.82, 2.24) is 5.32 Å². The Morgan fingerprint density at radius 3 is 2.19 bits per heavy atom. The third-order valence-electron chi connectivity index (χ3n) is 3.84. The molecule has 1 unspecified atom stereocenters. The second kappa shape index (κ2) is 7.25. The van der Waals surface area contributed by atoms with Crippen LogP contribution in [0.5, 0.6) is 5.75 Å². The van der Waals surface area contributed by atoms with Gasteiger partial charge in [0.25, 0.3) is 0 Å². The van der Waals surface area contributed by atoms with Crippen LogP contribution in [-0.2, 0) is 0 Å². The van der Waals surface area contributed by atoms with Crippen LogP contribution in [0.3, 0.4) is 0 Å². The summed E-state index contributed by atoms with van der Waals surface area (Å²) in [5.74, 6) is 0.853. The fraction of sp³-hybridized carbons (Fsp3) is 0.333. The van der Waals surface area contributed by atoms with Gasteiger partial charge in [-0.1, -0.05) is 42.5 Å². The van der Waals surface area contributed by atoms with Gasteiger partial charge in [0.05, 0.1) is 13.2 Å². The lowest BCUT2D eigenvalue weighted by Crippen LogP contribution is -2.44. The van der Waals surface area contributed by atoms with Crippen molar-refractivity contribution in [3.05, 3.63) is 54.6 Å². The molecule has 21 heavy (non-hydrogen) atoms. The first kappa shape index (κ1) is 15.5. The maximum Gasteiger partial charge on any atom is 0.119 e. The Kier molecular flexibility index (Phi) is 5.37. The van der Waals surface area contributed by atoms with Crippen LogP contribution in [-0.4, -0.2) is 30.9 Å². The van der Waals surface area contributed by atoms with Crippen LogP contribution in [0.4, 0.5) is 0 Å². The van der Waals surface area contributed by atoms with E-state index in [1.807, 2.05) is 44.3 Å². The number of aliphatic hydroxyl groups excluding tert-OH is 1. The monoisotopic (exact) mass is 285 g/mol. The molecule has 0 radical (unpaired) electrons. The fourth-order valence-electron chi connectivity index (χ4n) is 2.05. The van der Waals surface area contributed by atoms with Crippen LogP contribution in [0, 0.1) is 0 Å². The molecule has 0 saturated heterocycles. The Morgan fingerprint density at radius 2 is 1.62 bits per heavy atom. The van der Waals surface area contributed by atoms with Crippen LogP contribution in [0.1, 0.15) is 13.3 Å². The van der Waals surface area contributed by atoms with Gasteiger partial charge < -0.3 is 15.2 Å². The van der Waals surface area contributed by atoms with Gasteiger partial charge in [-0.15, -0.1) is 0 Å². The molecule has 1 atom stereocenters. The number of rotatable bonds is 7. The molecule has 0 fully saturated rings. The normalized spacial score (nSPS) is 13.7. The molecule has 3 heteroatoms. The summed E-state index contributed by atoms with van der Waals surface area (Å²) in [5.41, 5.74) is 2.09. The van der Waals surface area contributed by atoms with E-state index in [2.05, 4.69) is 29.6 Å². The summed E-state index contributed by atoms with van der Waals surface area (Å²) in [6.07, 6.45) is 0.750. The van der Waals surface area contributed by atoms with Gasteiger partial charge in [-0.2, -0.15) is 0 Å². The third kappa shape index (κ3) is 4.31. The molecule has 2 aromatic rings. The molecular formula is C18H23NO2. The topological polar surface area (TPSA) is 41.5 Å². The maximum absolute atomic E-state index is 9.33. The first-order valence-corrected chi connectivity index (χ1v) is 7.25. The van der Waals surface area contributed by atoms with Gasteiger partial charge >= 0.3 is 0 Å². The van der Waals surface area contributed by atoms with Crippen LogP contribution in [0.15, 0.2) is 54.6 Å². The summed E-state index contributed by atoms with van der Waals surface area (Å²) < 4.78 is 5.75. The van der Waals surface area contributed by atoms with Crippen LogP contribution in [0.25, 0.3) is 11.1 Å². The molecular weight excluding hydrogens is 262 g/mol. The summed E-state index contributed by atoms with van der Waals surface area (Å²) in [7, 11) is 1.85. The van der Waals surface area contributed by atoms with Crippen molar-refractivity contribution in [2.75, 3.05) is 20.3 Å². The van der Waals surface area contributed by atoms with Gasteiger partial charge in [-0.05, 0) is 37.2 Å². The second-order valence-electron chi connectivity index (χ2n) is 5.46. The average molecular weight is 285 g/mol. The highest BCUT2D eigenvalue weighted by atomic mass is 16.5. The molecule has 0 bridgehead atoms. The number of benzene rings is 2. The zero-order chi connectivity index (χ0) is 15.1. The number of hydrogen-bond acceptors (Lipinski definition) is 3. The summed E-state index contributed by atoms with van der Waals surface area (Å²) in [6, 6.07) is 18.4. The Balaban J connectivity index is 1.91. The number of nitrogens with one attached hydrogen (secondary N) is 1. The lowest BCUT2D eigenvalue weighted by Gasteiger charge is -2.26. The molecule has 2 rings (SSSR count). The molecule has 0 aromatic heterocycles. The Morgan fingerprint density at radius 1 is 1.00 bits per heavy atom.